The number of aromatic nitrogens is 1. The lowest BCUT2D eigenvalue weighted by Crippen LogP contribution is -2.15. The van der Waals surface area contributed by atoms with Crippen LogP contribution in [0.5, 0.6) is 0 Å². The number of hydrogen-bond donors (Lipinski definition) is 1. The van der Waals surface area contributed by atoms with Gasteiger partial charge in [0, 0.05) is 6.20 Å². The van der Waals surface area contributed by atoms with Crippen LogP contribution in [-0.2, 0) is 9.47 Å². The van der Waals surface area contributed by atoms with Gasteiger partial charge in [0.05, 0.1) is 18.0 Å². The minimum absolute atomic E-state index is 0.129. The van der Waals surface area contributed by atoms with Crippen LogP contribution in [0.3, 0.4) is 0 Å². The van der Waals surface area contributed by atoms with Crippen LogP contribution >= 0.6 is 0 Å². The molecule has 0 fully saturated rings. The third-order valence-corrected chi connectivity index (χ3v) is 1.57. The minimum Gasteiger partial charge on any atom is -0.435 e. The predicted octanol–water partition coefficient (Wildman–Crippen LogP) is 1.62. The molecule has 80 valence electrons. The van der Waals surface area contributed by atoms with E-state index in [0.29, 0.717) is 5.69 Å². The Bertz CT molecular complexity index is 338. The van der Waals surface area contributed by atoms with Crippen LogP contribution in [0.2, 0.25) is 0 Å². The van der Waals surface area contributed by atoms with E-state index >= 15 is 0 Å². The summed E-state index contributed by atoms with van der Waals surface area (Å²) in [7, 11) is 0. The molecule has 0 bridgehead atoms. The molecular weight excluding hydrogens is 196 g/mol. The Labute approximate surface area is 87.5 Å². The van der Waals surface area contributed by atoms with Crippen LogP contribution in [-0.4, -0.2) is 30.1 Å². The van der Waals surface area contributed by atoms with Crippen molar-refractivity contribution in [2.75, 3.05) is 13.2 Å². The molecule has 1 heterocycles. The molecule has 1 aromatic heterocycles. The van der Waals surface area contributed by atoms with E-state index in [9.17, 15) is 4.79 Å². The molecule has 1 aromatic rings. The van der Waals surface area contributed by atoms with Crippen LogP contribution in [0.4, 0.5) is 4.79 Å². The van der Waals surface area contributed by atoms with Crippen molar-refractivity contribution in [1.82, 2.24) is 4.98 Å². The highest BCUT2D eigenvalue weighted by molar-refractivity contribution is 5.97. The first-order chi connectivity index (χ1) is 7.24. The molecule has 0 radical (unpaired) electrons. The van der Waals surface area contributed by atoms with Gasteiger partial charge in [0.25, 0.3) is 0 Å². The maximum atomic E-state index is 10.8. The van der Waals surface area contributed by atoms with Gasteiger partial charge in [-0.05, 0) is 19.1 Å². The average molecular weight is 208 g/mol. The second-order valence-electron chi connectivity index (χ2n) is 2.67. The first-order valence-corrected chi connectivity index (χ1v) is 4.52. The SMILES string of the molecule is CCOC(=O)OCC(=N)c1ccccn1. The van der Waals surface area contributed by atoms with Crippen molar-refractivity contribution in [3.05, 3.63) is 30.1 Å². The average Bonchev–Trinajstić information content (AvgIpc) is 2.27. The number of carbonyl (C=O) groups is 1. The Morgan fingerprint density at radius 3 is 2.87 bits per heavy atom. The third-order valence-electron chi connectivity index (χ3n) is 1.57. The van der Waals surface area contributed by atoms with Crippen molar-refractivity contribution in [1.29, 1.82) is 5.41 Å². The first-order valence-electron chi connectivity index (χ1n) is 4.52. The fraction of sp³-hybridized carbons (Fsp3) is 0.300. The summed E-state index contributed by atoms with van der Waals surface area (Å²) >= 11 is 0. The lowest BCUT2D eigenvalue weighted by Gasteiger charge is -2.04. The van der Waals surface area contributed by atoms with Crippen LogP contribution < -0.4 is 0 Å². The van der Waals surface area contributed by atoms with E-state index < -0.39 is 6.16 Å². The van der Waals surface area contributed by atoms with Gasteiger partial charge in [-0.1, -0.05) is 6.07 Å². The van der Waals surface area contributed by atoms with E-state index in [1.165, 1.54) is 0 Å². The molecule has 5 heteroatoms. The molecule has 0 saturated heterocycles. The molecule has 0 amide bonds. The normalized spacial score (nSPS) is 9.40. The van der Waals surface area contributed by atoms with Crippen molar-refractivity contribution in [3.63, 3.8) is 0 Å². The Kier molecular flexibility index (Phi) is 4.28. The summed E-state index contributed by atoms with van der Waals surface area (Å²) in [4.78, 5) is 14.8. The van der Waals surface area contributed by atoms with Gasteiger partial charge in [-0.25, -0.2) is 4.79 Å². The van der Waals surface area contributed by atoms with Crippen molar-refractivity contribution in [3.8, 4) is 0 Å². The molecule has 15 heavy (non-hydrogen) atoms. The van der Waals surface area contributed by atoms with E-state index in [2.05, 4.69) is 14.5 Å². The molecule has 1 N–H and O–H groups in total. The summed E-state index contributed by atoms with van der Waals surface area (Å²) in [6.45, 7) is 1.82. The lowest BCUT2D eigenvalue weighted by atomic mass is 10.2. The van der Waals surface area contributed by atoms with Gasteiger partial charge >= 0.3 is 6.16 Å². The topological polar surface area (TPSA) is 72.3 Å². The smallest absolute Gasteiger partial charge is 0.435 e. The monoisotopic (exact) mass is 208 g/mol. The zero-order valence-corrected chi connectivity index (χ0v) is 8.40. The predicted molar refractivity (Wildman–Crippen MR) is 54.0 cm³/mol. The van der Waals surface area contributed by atoms with Crippen LogP contribution in [0.25, 0.3) is 0 Å². The van der Waals surface area contributed by atoms with Gasteiger partial charge in [-0.3, -0.25) is 10.4 Å². The van der Waals surface area contributed by atoms with Crippen molar-refractivity contribution in [2.24, 2.45) is 0 Å². The number of pyridine rings is 1. The number of carbonyl (C=O) groups excluding carboxylic acids is 1. The highest BCUT2D eigenvalue weighted by Crippen LogP contribution is 1.96. The molecular formula is C10H12N2O3. The van der Waals surface area contributed by atoms with E-state index in [4.69, 9.17) is 5.41 Å². The van der Waals surface area contributed by atoms with Gasteiger partial charge in [0.1, 0.15) is 6.61 Å². The summed E-state index contributed by atoms with van der Waals surface area (Å²) in [5.74, 6) is 0. The molecule has 0 aliphatic heterocycles. The van der Waals surface area contributed by atoms with E-state index in [1.54, 1.807) is 31.3 Å². The summed E-state index contributed by atoms with van der Waals surface area (Å²) < 4.78 is 9.22. The van der Waals surface area contributed by atoms with Gasteiger partial charge in [-0.2, -0.15) is 0 Å². The third kappa shape index (κ3) is 3.76. The van der Waals surface area contributed by atoms with Crippen LogP contribution in [0, 0.1) is 5.41 Å². The maximum absolute atomic E-state index is 10.8. The molecule has 0 saturated carbocycles. The molecule has 0 unspecified atom stereocenters. The lowest BCUT2D eigenvalue weighted by molar-refractivity contribution is 0.0699. The van der Waals surface area contributed by atoms with Crippen molar-refractivity contribution >= 4 is 11.9 Å². The number of nitrogens with zero attached hydrogens (tertiary/aromatic N) is 1. The quantitative estimate of drug-likeness (QED) is 0.602. The Hall–Kier alpha value is -1.91. The summed E-state index contributed by atoms with van der Waals surface area (Å²) in [6, 6.07) is 5.20. The Morgan fingerprint density at radius 1 is 1.47 bits per heavy atom. The Morgan fingerprint density at radius 2 is 2.27 bits per heavy atom. The van der Waals surface area contributed by atoms with Crippen LogP contribution in [0.1, 0.15) is 12.6 Å². The van der Waals surface area contributed by atoms with Crippen molar-refractivity contribution in [2.45, 2.75) is 6.92 Å². The molecule has 1 rings (SSSR count). The molecule has 0 spiro atoms. The van der Waals surface area contributed by atoms with Gasteiger partial charge in [-0.15, -0.1) is 0 Å². The number of ether oxygens (including phenoxy) is 2. The highest BCUT2D eigenvalue weighted by Gasteiger charge is 2.07. The standard InChI is InChI=1S/C10H12N2O3/c1-2-14-10(13)15-7-8(11)9-5-3-4-6-12-9/h3-6,11H,2,7H2,1H3. The molecule has 0 aliphatic carbocycles. The van der Waals surface area contributed by atoms with Crippen molar-refractivity contribution < 1.29 is 14.3 Å². The maximum Gasteiger partial charge on any atom is 0.508 e. The molecule has 5 nitrogen and oxygen atoms in total. The largest absolute Gasteiger partial charge is 0.508 e. The second-order valence-corrected chi connectivity index (χ2v) is 2.67. The van der Waals surface area contributed by atoms with E-state index in [0.717, 1.165) is 0 Å². The number of nitrogens with one attached hydrogen (secondary N) is 1. The minimum atomic E-state index is -0.766. The van der Waals surface area contributed by atoms with Gasteiger partial charge in [0.15, 0.2) is 0 Å². The molecule has 0 aliphatic rings. The fourth-order valence-corrected chi connectivity index (χ4v) is 0.906. The number of rotatable bonds is 4. The number of hydrogen-bond acceptors (Lipinski definition) is 5. The molecule has 0 aromatic carbocycles. The van der Waals surface area contributed by atoms with Gasteiger partial charge < -0.3 is 9.47 Å². The highest BCUT2D eigenvalue weighted by atomic mass is 16.7. The summed E-state index contributed by atoms with van der Waals surface area (Å²) in [6.07, 6.45) is 0.812. The Balaban J connectivity index is 2.40. The first kappa shape index (κ1) is 11.2. The molecule has 0 atom stereocenters. The van der Waals surface area contributed by atoms with Gasteiger partial charge in [0.2, 0.25) is 0 Å². The fourth-order valence-electron chi connectivity index (χ4n) is 0.906. The zero-order valence-electron chi connectivity index (χ0n) is 8.40. The second kappa shape index (κ2) is 5.74. The van der Waals surface area contributed by atoms with E-state index in [1.807, 2.05) is 0 Å². The van der Waals surface area contributed by atoms with Crippen LogP contribution in [0.15, 0.2) is 24.4 Å². The summed E-state index contributed by atoms with van der Waals surface area (Å²) in [5.41, 5.74) is 0.630. The van der Waals surface area contributed by atoms with E-state index in [-0.39, 0.29) is 18.9 Å². The summed E-state index contributed by atoms with van der Waals surface area (Å²) in [5, 5.41) is 7.56. The zero-order chi connectivity index (χ0) is 11.1.